The van der Waals surface area contributed by atoms with E-state index < -0.39 is 0 Å². The molecule has 16 heavy (non-hydrogen) atoms. The summed E-state index contributed by atoms with van der Waals surface area (Å²) >= 11 is 5.18. The summed E-state index contributed by atoms with van der Waals surface area (Å²) in [6.07, 6.45) is 2.92. The van der Waals surface area contributed by atoms with Crippen molar-refractivity contribution in [1.82, 2.24) is 10.3 Å². The van der Waals surface area contributed by atoms with Gasteiger partial charge >= 0.3 is 0 Å². The van der Waals surface area contributed by atoms with Gasteiger partial charge in [-0.25, -0.2) is 0 Å². The highest BCUT2D eigenvalue weighted by Gasteiger charge is 1.96. The Balaban J connectivity index is 1.70. The average Bonchev–Trinajstić information content (AvgIpc) is 2.80. The van der Waals surface area contributed by atoms with Crippen molar-refractivity contribution in [3.8, 4) is 0 Å². The van der Waals surface area contributed by atoms with Gasteiger partial charge < -0.3 is 5.32 Å². The lowest BCUT2D eigenvalue weighted by Gasteiger charge is -2.03. The number of nitrogens with zero attached hydrogens (tertiary/aromatic N) is 1. The van der Waals surface area contributed by atoms with Crippen LogP contribution in [0.3, 0.4) is 0 Å². The first-order valence-electron chi connectivity index (χ1n) is 5.18. The lowest BCUT2D eigenvalue weighted by Crippen LogP contribution is -2.16. The topological polar surface area (TPSA) is 24.9 Å². The van der Waals surface area contributed by atoms with E-state index in [4.69, 9.17) is 0 Å². The molecule has 0 aliphatic rings. The second-order valence-electron chi connectivity index (χ2n) is 3.47. The molecule has 84 valence electrons. The molecule has 0 spiro atoms. The molecule has 0 aliphatic carbocycles. The second-order valence-corrected chi connectivity index (χ2v) is 5.42. The van der Waals surface area contributed by atoms with Crippen LogP contribution in [-0.4, -0.2) is 11.5 Å². The van der Waals surface area contributed by atoms with Crippen molar-refractivity contribution in [3.05, 3.63) is 50.9 Å². The number of pyridine rings is 1. The Morgan fingerprint density at radius 3 is 2.94 bits per heavy atom. The number of hydrogen-bond donors (Lipinski definition) is 1. The quantitative estimate of drug-likeness (QED) is 0.857. The van der Waals surface area contributed by atoms with E-state index in [9.17, 15) is 0 Å². The number of hydrogen-bond acceptors (Lipinski definition) is 3. The van der Waals surface area contributed by atoms with Crippen LogP contribution in [0.25, 0.3) is 0 Å². The molecule has 0 amide bonds. The van der Waals surface area contributed by atoms with E-state index in [0.29, 0.717) is 0 Å². The zero-order valence-corrected chi connectivity index (χ0v) is 11.2. The minimum atomic E-state index is 0.832. The normalized spacial score (nSPS) is 10.6. The van der Waals surface area contributed by atoms with E-state index in [1.54, 1.807) is 0 Å². The fraction of sp³-hybridized carbons (Fsp3) is 0.250. The van der Waals surface area contributed by atoms with Crippen molar-refractivity contribution in [2.45, 2.75) is 13.0 Å². The lowest BCUT2D eigenvalue weighted by molar-refractivity contribution is 0.678. The monoisotopic (exact) mass is 296 g/mol. The molecule has 2 nitrogen and oxygen atoms in total. The van der Waals surface area contributed by atoms with Gasteiger partial charge in [0.2, 0.25) is 0 Å². The molecule has 0 saturated carbocycles. The summed E-state index contributed by atoms with van der Waals surface area (Å²) in [5, 5.41) is 5.50. The molecule has 2 aromatic heterocycles. The highest BCUT2D eigenvalue weighted by Crippen LogP contribution is 2.09. The van der Waals surface area contributed by atoms with Gasteiger partial charge in [-0.05, 0) is 45.9 Å². The van der Waals surface area contributed by atoms with Crippen molar-refractivity contribution in [1.29, 1.82) is 0 Å². The molecular weight excluding hydrogens is 284 g/mol. The molecule has 0 unspecified atom stereocenters. The van der Waals surface area contributed by atoms with Crippen LogP contribution in [-0.2, 0) is 13.0 Å². The number of halogens is 1. The number of thiophene rings is 1. The third-order valence-electron chi connectivity index (χ3n) is 2.22. The van der Waals surface area contributed by atoms with E-state index in [1.807, 2.05) is 29.7 Å². The van der Waals surface area contributed by atoms with Crippen LogP contribution in [0.5, 0.6) is 0 Å². The van der Waals surface area contributed by atoms with Crippen LogP contribution in [0.4, 0.5) is 0 Å². The summed E-state index contributed by atoms with van der Waals surface area (Å²) in [5.41, 5.74) is 1.08. The first-order valence-corrected chi connectivity index (χ1v) is 6.85. The van der Waals surface area contributed by atoms with E-state index in [2.05, 4.69) is 43.7 Å². The van der Waals surface area contributed by atoms with Gasteiger partial charge in [0, 0.05) is 28.6 Å². The molecule has 0 aromatic carbocycles. The zero-order chi connectivity index (χ0) is 11.2. The molecule has 0 saturated heterocycles. The summed E-state index contributed by atoms with van der Waals surface area (Å²) in [6.45, 7) is 1.83. The van der Waals surface area contributed by atoms with Gasteiger partial charge in [0.25, 0.3) is 0 Å². The molecular formula is C12H13BrN2S. The van der Waals surface area contributed by atoms with Crippen LogP contribution in [0, 0.1) is 0 Å². The molecule has 1 N–H and O–H groups in total. The predicted octanol–water partition coefficient (Wildman–Crippen LogP) is 3.24. The van der Waals surface area contributed by atoms with E-state index >= 15 is 0 Å². The Morgan fingerprint density at radius 2 is 2.25 bits per heavy atom. The van der Waals surface area contributed by atoms with Crippen LogP contribution in [0.15, 0.2) is 40.3 Å². The maximum atomic E-state index is 4.31. The number of nitrogens with one attached hydrogen (secondary N) is 1. The lowest BCUT2D eigenvalue weighted by atomic mass is 10.3. The fourth-order valence-corrected chi connectivity index (χ4v) is 2.34. The average molecular weight is 297 g/mol. The van der Waals surface area contributed by atoms with E-state index in [1.165, 1.54) is 4.88 Å². The smallest absolute Gasteiger partial charge is 0.0542 e. The summed E-state index contributed by atoms with van der Waals surface area (Å²) in [4.78, 5) is 5.73. The van der Waals surface area contributed by atoms with E-state index in [-0.39, 0.29) is 0 Å². The van der Waals surface area contributed by atoms with Gasteiger partial charge in [-0.3, -0.25) is 4.98 Å². The molecule has 2 rings (SSSR count). The van der Waals surface area contributed by atoms with Crippen molar-refractivity contribution < 1.29 is 0 Å². The van der Waals surface area contributed by atoms with Gasteiger partial charge in [-0.1, -0.05) is 6.07 Å². The second kappa shape index (κ2) is 6.13. The Hall–Kier alpha value is -0.710. The highest BCUT2D eigenvalue weighted by atomic mass is 79.9. The minimum Gasteiger partial charge on any atom is -0.311 e. The predicted molar refractivity (Wildman–Crippen MR) is 71.7 cm³/mol. The van der Waals surface area contributed by atoms with Crippen LogP contribution < -0.4 is 5.32 Å². The van der Waals surface area contributed by atoms with Crippen LogP contribution in [0.2, 0.25) is 0 Å². The van der Waals surface area contributed by atoms with Crippen molar-refractivity contribution in [2.24, 2.45) is 0 Å². The number of rotatable bonds is 5. The summed E-state index contributed by atoms with van der Waals surface area (Å²) < 4.78 is 1.02. The standard InChI is InChI=1S/C12H13BrN2S/c13-10-3-4-11(15-8-10)9-14-6-5-12-2-1-7-16-12/h1-4,7-8,14H,5-6,9H2. The first kappa shape index (κ1) is 11.8. The third kappa shape index (κ3) is 3.70. The minimum absolute atomic E-state index is 0.832. The summed E-state index contributed by atoms with van der Waals surface area (Å²) in [5.74, 6) is 0. The molecule has 0 aliphatic heterocycles. The highest BCUT2D eigenvalue weighted by molar-refractivity contribution is 9.10. The Morgan fingerprint density at radius 1 is 1.31 bits per heavy atom. The van der Waals surface area contributed by atoms with Gasteiger partial charge in [0.05, 0.1) is 5.69 Å². The molecule has 2 aromatic rings. The molecule has 2 heterocycles. The molecule has 4 heteroatoms. The Bertz CT molecular complexity index is 411. The van der Waals surface area contributed by atoms with Crippen molar-refractivity contribution in [2.75, 3.05) is 6.54 Å². The van der Waals surface area contributed by atoms with Gasteiger partial charge in [-0.2, -0.15) is 0 Å². The molecule has 0 radical (unpaired) electrons. The summed E-state index contributed by atoms with van der Waals surface area (Å²) in [6, 6.07) is 8.31. The van der Waals surface area contributed by atoms with Crippen LogP contribution >= 0.6 is 27.3 Å². The van der Waals surface area contributed by atoms with Crippen LogP contribution in [0.1, 0.15) is 10.6 Å². The zero-order valence-electron chi connectivity index (χ0n) is 8.82. The SMILES string of the molecule is Brc1ccc(CNCCc2cccs2)nc1. The molecule has 0 atom stereocenters. The largest absolute Gasteiger partial charge is 0.311 e. The molecule has 0 bridgehead atoms. The summed E-state index contributed by atoms with van der Waals surface area (Å²) in [7, 11) is 0. The third-order valence-corrected chi connectivity index (χ3v) is 3.63. The van der Waals surface area contributed by atoms with Gasteiger partial charge in [0.1, 0.15) is 0 Å². The maximum Gasteiger partial charge on any atom is 0.0542 e. The molecule has 0 fully saturated rings. The Kier molecular flexibility index (Phi) is 4.51. The maximum absolute atomic E-state index is 4.31. The van der Waals surface area contributed by atoms with Crippen molar-refractivity contribution >= 4 is 27.3 Å². The van der Waals surface area contributed by atoms with Gasteiger partial charge in [-0.15, -0.1) is 11.3 Å². The Labute approximate surface area is 108 Å². The van der Waals surface area contributed by atoms with E-state index in [0.717, 1.165) is 29.7 Å². The first-order chi connectivity index (χ1) is 7.84. The van der Waals surface area contributed by atoms with Gasteiger partial charge in [0.15, 0.2) is 0 Å². The fourth-order valence-electron chi connectivity index (χ4n) is 1.39. The number of aromatic nitrogens is 1. The van der Waals surface area contributed by atoms with Crippen molar-refractivity contribution in [3.63, 3.8) is 0 Å².